The van der Waals surface area contributed by atoms with Gasteiger partial charge in [-0.2, -0.15) is 11.8 Å². The van der Waals surface area contributed by atoms with Crippen LogP contribution in [0.1, 0.15) is 18.1 Å². The molecule has 1 aromatic carbocycles. The summed E-state index contributed by atoms with van der Waals surface area (Å²) >= 11 is 5.47. The van der Waals surface area contributed by atoms with E-state index in [0.717, 1.165) is 12.3 Å². The van der Waals surface area contributed by atoms with Gasteiger partial charge in [0.2, 0.25) is 0 Å². The Labute approximate surface area is 105 Å². The van der Waals surface area contributed by atoms with Crippen LogP contribution in [0.4, 0.5) is 0 Å². The Hall–Kier alpha value is 0.01000. The molecule has 0 saturated heterocycles. The Morgan fingerprint density at radius 2 is 2.20 bits per heavy atom. The second kappa shape index (κ2) is 6.56. The first-order chi connectivity index (χ1) is 7.13. The third-order valence-corrected chi connectivity index (χ3v) is 3.84. The fourth-order valence-corrected chi connectivity index (χ4v) is 2.64. The normalized spacial score (nSPS) is 12.8. The van der Waals surface area contributed by atoms with Crippen LogP contribution < -0.4 is 5.32 Å². The van der Waals surface area contributed by atoms with Crippen molar-refractivity contribution in [2.45, 2.75) is 26.4 Å². The molecule has 84 valence electrons. The molecule has 3 heteroatoms. The van der Waals surface area contributed by atoms with Crippen molar-refractivity contribution in [3.63, 3.8) is 0 Å². The second-order valence-electron chi connectivity index (χ2n) is 3.83. The number of aryl methyl sites for hydroxylation is 1. The van der Waals surface area contributed by atoms with Crippen LogP contribution in [0.15, 0.2) is 22.7 Å². The Balaban J connectivity index is 2.50. The van der Waals surface area contributed by atoms with Gasteiger partial charge in [-0.05, 0) is 37.3 Å². The van der Waals surface area contributed by atoms with Crippen molar-refractivity contribution in [1.82, 2.24) is 5.32 Å². The predicted molar refractivity (Wildman–Crippen MR) is 73.6 cm³/mol. The van der Waals surface area contributed by atoms with E-state index in [1.807, 2.05) is 11.8 Å². The number of hydrogen-bond acceptors (Lipinski definition) is 2. The third kappa shape index (κ3) is 4.58. The molecule has 0 saturated carbocycles. The molecule has 0 aliphatic rings. The van der Waals surface area contributed by atoms with Gasteiger partial charge in [0.1, 0.15) is 0 Å². The number of halogens is 1. The molecule has 0 fully saturated rings. The van der Waals surface area contributed by atoms with Crippen molar-refractivity contribution < 1.29 is 0 Å². The molecule has 0 aliphatic heterocycles. The van der Waals surface area contributed by atoms with Gasteiger partial charge in [0.15, 0.2) is 0 Å². The molecular weight excluding hydrogens is 270 g/mol. The molecular formula is C12H18BrNS. The zero-order valence-corrected chi connectivity index (χ0v) is 11.9. The summed E-state index contributed by atoms with van der Waals surface area (Å²) < 4.78 is 1.20. The topological polar surface area (TPSA) is 12.0 Å². The van der Waals surface area contributed by atoms with Gasteiger partial charge in [0, 0.05) is 22.8 Å². The van der Waals surface area contributed by atoms with Crippen LogP contribution in [0.5, 0.6) is 0 Å². The molecule has 0 bridgehead atoms. The summed E-state index contributed by atoms with van der Waals surface area (Å²) in [6.45, 7) is 5.26. The van der Waals surface area contributed by atoms with Crippen molar-refractivity contribution in [2.75, 3.05) is 12.0 Å². The van der Waals surface area contributed by atoms with Crippen LogP contribution in [-0.2, 0) is 6.54 Å². The molecule has 0 radical (unpaired) electrons. The zero-order chi connectivity index (χ0) is 11.3. The van der Waals surface area contributed by atoms with Crippen LogP contribution in [0, 0.1) is 6.92 Å². The Morgan fingerprint density at radius 3 is 2.80 bits per heavy atom. The second-order valence-corrected chi connectivity index (χ2v) is 5.60. The summed E-state index contributed by atoms with van der Waals surface area (Å²) in [5.41, 5.74) is 2.62. The van der Waals surface area contributed by atoms with Crippen molar-refractivity contribution in [3.8, 4) is 0 Å². The maximum Gasteiger partial charge on any atom is 0.0222 e. The highest BCUT2D eigenvalue weighted by atomic mass is 79.9. The van der Waals surface area contributed by atoms with Crippen LogP contribution >= 0.6 is 27.7 Å². The molecule has 1 aromatic rings. The van der Waals surface area contributed by atoms with Gasteiger partial charge in [0.05, 0.1) is 0 Å². The van der Waals surface area contributed by atoms with E-state index in [2.05, 4.69) is 59.5 Å². The lowest BCUT2D eigenvalue weighted by molar-refractivity contribution is 0.595. The van der Waals surface area contributed by atoms with E-state index in [1.54, 1.807) is 0 Å². The van der Waals surface area contributed by atoms with Gasteiger partial charge in [-0.15, -0.1) is 0 Å². The summed E-state index contributed by atoms with van der Waals surface area (Å²) in [5.74, 6) is 1.16. The minimum Gasteiger partial charge on any atom is -0.309 e. The first-order valence-corrected chi connectivity index (χ1v) is 7.29. The minimum absolute atomic E-state index is 0.563. The maximum absolute atomic E-state index is 3.59. The van der Waals surface area contributed by atoms with Gasteiger partial charge >= 0.3 is 0 Å². The van der Waals surface area contributed by atoms with Crippen molar-refractivity contribution in [1.29, 1.82) is 0 Å². The van der Waals surface area contributed by atoms with Gasteiger partial charge in [0.25, 0.3) is 0 Å². The molecule has 1 atom stereocenters. The lowest BCUT2D eigenvalue weighted by atomic mass is 10.1. The van der Waals surface area contributed by atoms with E-state index in [4.69, 9.17) is 0 Å². The van der Waals surface area contributed by atoms with E-state index in [0.29, 0.717) is 6.04 Å². The van der Waals surface area contributed by atoms with E-state index in [-0.39, 0.29) is 0 Å². The summed E-state index contributed by atoms with van der Waals surface area (Å²) in [4.78, 5) is 0. The lowest BCUT2D eigenvalue weighted by Crippen LogP contribution is -2.27. The first-order valence-electron chi connectivity index (χ1n) is 5.11. The van der Waals surface area contributed by atoms with E-state index in [1.165, 1.54) is 15.6 Å². The summed E-state index contributed by atoms with van der Waals surface area (Å²) in [6, 6.07) is 7.06. The zero-order valence-electron chi connectivity index (χ0n) is 9.51. The summed E-state index contributed by atoms with van der Waals surface area (Å²) in [6.07, 6.45) is 2.14. The van der Waals surface area contributed by atoms with Crippen LogP contribution in [0.2, 0.25) is 0 Å². The van der Waals surface area contributed by atoms with Crippen LogP contribution in [-0.4, -0.2) is 18.1 Å². The molecule has 15 heavy (non-hydrogen) atoms. The largest absolute Gasteiger partial charge is 0.309 e. The molecule has 1 N–H and O–H groups in total. The average molecular weight is 288 g/mol. The monoisotopic (exact) mass is 287 g/mol. The summed E-state index contributed by atoms with van der Waals surface area (Å²) in [5, 5.41) is 3.51. The molecule has 0 heterocycles. The van der Waals surface area contributed by atoms with E-state index < -0.39 is 0 Å². The molecule has 0 amide bonds. The van der Waals surface area contributed by atoms with Gasteiger partial charge in [-0.1, -0.05) is 28.1 Å². The van der Waals surface area contributed by atoms with Crippen molar-refractivity contribution in [3.05, 3.63) is 33.8 Å². The molecule has 1 nitrogen and oxygen atoms in total. The Morgan fingerprint density at radius 1 is 1.47 bits per heavy atom. The highest BCUT2D eigenvalue weighted by molar-refractivity contribution is 9.10. The fraction of sp³-hybridized carbons (Fsp3) is 0.500. The molecule has 1 unspecified atom stereocenters. The Bertz CT molecular complexity index is 314. The SMILES string of the molecule is CSCC(C)NCc1ccc(C)cc1Br. The smallest absolute Gasteiger partial charge is 0.0222 e. The average Bonchev–Trinajstić information content (AvgIpc) is 2.17. The molecule has 0 spiro atoms. The fourth-order valence-electron chi connectivity index (χ4n) is 1.39. The third-order valence-electron chi connectivity index (χ3n) is 2.27. The highest BCUT2D eigenvalue weighted by Gasteiger charge is 2.03. The highest BCUT2D eigenvalue weighted by Crippen LogP contribution is 2.18. The van der Waals surface area contributed by atoms with Gasteiger partial charge < -0.3 is 5.32 Å². The van der Waals surface area contributed by atoms with Gasteiger partial charge in [-0.25, -0.2) is 0 Å². The predicted octanol–water partition coefficient (Wildman–Crippen LogP) is 3.60. The van der Waals surface area contributed by atoms with Crippen LogP contribution in [0.25, 0.3) is 0 Å². The standard InChI is InChI=1S/C12H18BrNS/c1-9-4-5-11(12(13)6-9)7-14-10(2)8-15-3/h4-6,10,14H,7-8H2,1-3H3. The van der Waals surface area contributed by atoms with E-state index in [9.17, 15) is 0 Å². The number of rotatable bonds is 5. The minimum atomic E-state index is 0.563. The lowest BCUT2D eigenvalue weighted by Gasteiger charge is -2.13. The number of thioether (sulfide) groups is 1. The quantitative estimate of drug-likeness (QED) is 0.888. The molecule has 0 aliphatic carbocycles. The van der Waals surface area contributed by atoms with Gasteiger partial charge in [-0.3, -0.25) is 0 Å². The van der Waals surface area contributed by atoms with Crippen molar-refractivity contribution in [2.24, 2.45) is 0 Å². The van der Waals surface area contributed by atoms with Crippen molar-refractivity contribution >= 4 is 27.7 Å². The number of hydrogen-bond donors (Lipinski definition) is 1. The number of nitrogens with one attached hydrogen (secondary N) is 1. The first kappa shape index (κ1) is 13.1. The molecule has 0 aromatic heterocycles. The molecule has 1 rings (SSSR count). The number of benzene rings is 1. The Kier molecular flexibility index (Phi) is 5.72. The summed E-state index contributed by atoms with van der Waals surface area (Å²) in [7, 11) is 0. The maximum atomic E-state index is 3.59. The van der Waals surface area contributed by atoms with E-state index >= 15 is 0 Å². The van der Waals surface area contributed by atoms with Crippen LogP contribution in [0.3, 0.4) is 0 Å².